The third-order valence-corrected chi connectivity index (χ3v) is 4.35. The number of aromatic nitrogens is 4. The highest BCUT2D eigenvalue weighted by atomic mass is 16.3. The number of nitrogens with zero attached hydrogens (tertiary/aromatic N) is 4. The molecular weight excluding hydrogens is 326 g/mol. The molecule has 0 radical (unpaired) electrons. The zero-order valence-corrected chi connectivity index (χ0v) is 14.7. The molecule has 0 aromatic carbocycles. The second-order valence-electron chi connectivity index (χ2n) is 6.30. The van der Waals surface area contributed by atoms with Crippen molar-refractivity contribution in [1.82, 2.24) is 19.9 Å². The monoisotopic (exact) mass is 345 g/mol. The first-order valence-electron chi connectivity index (χ1n) is 8.52. The minimum absolute atomic E-state index is 0.227. The van der Waals surface area contributed by atoms with Gasteiger partial charge in [-0.15, -0.1) is 0 Å². The van der Waals surface area contributed by atoms with Crippen LogP contribution in [0.15, 0.2) is 59.7 Å². The van der Waals surface area contributed by atoms with Crippen LogP contribution < -0.4 is 5.32 Å². The van der Waals surface area contributed by atoms with Gasteiger partial charge in [-0.25, -0.2) is 9.97 Å². The topological polar surface area (TPSA) is 76.7 Å². The van der Waals surface area contributed by atoms with Crippen molar-refractivity contribution in [3.63, 3.8) is 0 Å². The number of furan rings is 1. The van der Waals surface area contributed by atoms with Crippen LogP contribution in [0.5, 0.6) is 0 Å². The van der Waals surface area contributed by atoms with E-state index in [1.165, 1.54) is 0 Å². The Bertz CT molecular complexity index is 1030. The van der Waals surface area contributed by atoms with Gasteiger partial charge in [-0.3, -0.25) is 9.97 Å². The highest BCUT2D eigenvalue weighted by Crippen LogP contribution is 2.26. The molecule has 0 aliphatic carbocycles. The molecule has 0 amide bonds. The summed E-state index contributed by atoms with van der Waals surface area (Å²) in [5.41, 5.74) is 5.61. The van der Waals surface area contributed by atoms with Crippen LogP contribution in [0.25, 0.3) is 22.4 Å². The third kappa shape index (κ3) is 3.26. The highest BCUT2D eigenvalue weighted by Gasteiger charge is 2.14. The fourth-order valence-electron chi connectivity index (χ4n) is 2.83. The van der Waals surface area contributed by atoms with Crippen LogP contribution in [0.2, 0.25) is 0 Å². The molecule has 4 aromatic rings. The Morgan fingerprint density at radius 1 is 1.12 bits per heavy atom. The van der Waals surface area contributed by atoms with E-state index in [1.807, 2.05) is 43.5 Å². The van der Waals surface area contributed by atoms with Crippen molar-refractivity contribution in [3.8, 4) is 11.3 Å². The smallest absolute Gasteiger partial charge is 0.152 e. The van der Waals surface area contributed by atoms with Gasteiger partial charge in [-0.2, -0.15) is 0 Å². The Labute approximate surface area is 151 Å². The Morgan fingerprint density at radius 3 is 2.88 bits per heavy atom. The fraction of sp³-hybridized carbons (Fsp3) is 0.200. The van der Waals surface area contributed by atoms with Gasteiger partial charge in [0.25, 0.3) is 0 Å². The second kappa shape index (κ2) is 6.92. The number of hydrogen-bond donors (Lipinski definition) is 1. The molecule has 1 N–H and O–H groups in total. The van der Waals surface area contributed by atoms with Gasteiger partial charge in [-0.05, 0) is 31.2 Å². The van der Waals surface area contributed by atoms with Crippen LogP contribution in [0.4, 0.5) is 5.82 Å². The van der Waals surface area contributed by atoms with Crippen LogP contribution in [-0.2, 0) is 0 Å². The molecule has 1 unspecified atom stereocenters. The molecule has 0 saturated carbocycles. The largest absolute Gasteiger partial charge is 0.462 e. The number of hydrogen-bond acceptors (Lipinski definition) is 6. The van der Waals surface area contributed by atoms with Gasteiger partial charge >= 0.3 is 0 Å². The lowest BCUT2D eigenvalue weighted by Gasteiger charge is -2.12. The molecule has 6 nitrogen and oxygen atoms in total. The molecule has 0 spiro atoms. The Hall–Kier alpha value is -3.28. The maximum Gasteiger partial charge on any atom is 0.152 e. The van der Waals surface area contributed by atoms with Crippen LogP contribution in [0.1, 0.15) is 24.1 Å². The van der Waals surface area contributed by atoms with Crippen LogP contribution in [-0.4, -0.2) is 26.5 Å². The van der Waals surface area contributed by atoms with Crippen molar-refractivity contribution in [2.24, 2.45) is 0 Å². The summed E-state index contributed by atoms with van der Waals surface area (Å²) in [5.74, 6) is 1.01. The van der Waals surface area contributed by atoms with E-state index in [9.17, 15) is 0 Å². The standard InChI is InChI=1S/C20H19N5O/c1-13(16-11-26-18-4-3-7-21-20(16)18)9-23-19-8-17(24-12-25-19)15-6-5-14(2)22-10-15/h3-8,10-13H,9H2,1-2H3,(H,23,24,25). The van der Waals surface area contributed by atoms with E-state index in [-0.39, 0.29) is 5.92 Å². The fourth-order valence-corrected chi connectivity index (χ4v) is 2.83. The summed E-state index contributed by atoms with van der Waals surface area (Å²) in [6.07, 6.45) is 6.96. The summed E-state index contributed by atoms with van der Waals surface area (Å²) in [4.78, 5) is 17.4. The van der Waals surface area contributed by atoms with E-state index in [0.29, 0.717) is 6.54 Å². The molecule has 0 aliphatic heterocycles. The molecule has 130 valence electrons. The Kier molecular flexibility index (Phi) is 4.31. The molecule has 0 saturated heterocycles. The summed E-state index contributed by atoms with van der Waals surface area (Å²) >= 11 is 0. The summed E-state index contributed by atoms with van der Waals surface area (Å²) in [5, 5.41) is 3.38. The van der Waals surface area contributed by atoms with E-state index in [2.05, 4.69) is 32.2 Å². The van der Waals surface area contributed by atoms with Gasteiger partial charge in [0.1, 0.15) is 17.7 Å². The molecule has 26 heavy (non-hydrogen) atoms. The van der Waals surface area contributed by atoms with Gasteiger partial charge in [0.05, 0.1) is 12.0 Å². The summed E-state index contributed by atoms with van der Waals surface area (Å²) in [6, 6.07) is 9.73. The van der Waals surface area contributed by atoms with E-state index >= 15 is 0 Å². The van der Waals surface area contributed by atoms with Crippen molar-refractivity contribution in [2.75, 3.05) is 11.9 Å². The molecule has 0 bridgehead atoms. The predicted molar refractivity (Wildman–Crippen MR) is 101 cm³/mol. The van der Waals surface area contributed by atoms with E-state index in [4.69, 9.17) is 4.42 Å². The minimum Gasteiger partial charge on any atom is -0.462 e. The van der Waals surface area contributed by atoms with Crippen molar-refractivity contribution in [2.45, 2.75) is 19.8 Å². The lowest BCUT2D eigenvalue weighted by molar-refractivity contribution is 0.604. The van der Waals surface area contributed by atoms with Crippen molar-refractivity contribution >= 4 is 16.9 Å². The molecule has 4 aromatic heterocycles. The summed E-state index contributed by atoms with van der Waals surface area (Å²) in [6.45, 7) is 4.82. The zero-order valence-electron chi connectivity index (χ0n) is 14.7. The Morgan fingerprint density at radius 2 is 2.04 bits per heavy atom. The van der Waals surface area contributed by atoms with E-state index < -0.39 is 0 Å². The van der Waals surface area contributed by atoms with E-state index in [1.54, 1.807) is 18.8 Å². The van der Waals surface area contributed by atoms with Crippen molar-refractivity contribution in [1.29, 1.82) is 0 Å². The number of nitrogens with one attached hydrogen (secondary N) is 1. The van der Waals surface area contributed by atoms with Crippen LogP contribution >= 0.6 is 0 Å². The lowest BCUT2D eigenvalue weighted by Crippen LogP contribution is -2.11. The SMILES string of the molecule is Cc1ccc(-c2cc(NCC(C)c3coc4cccnc34)ncn2)cn1. The van der Waals surface area contributed by atoms with Gasteiger partial charge in [0, 0.05) is 47.7 Å². The van der Waals surface area contributed by atoms with Gasteiger partial charge in [0.15, 0.2) is 5.58 Å². The second-order valence-corrected chi connectivity index (χ2v) is 6.30. The average molecular weight is 345 g/mol. The summed E-state index contributed by atoms with van der Waals surface area (Å²) in [7, 11) is 0. The first kappa shape index (κ1) is 16.2. The maximum absolute atomic E-state index is 5.59. The molecular formula is C20H19N5O. The third-order valence-electron chi connectivity index (χ3n) is 4.35. The quantitative estimate of drug-likeness (QED) is 0.584. The first-order chi connectivity index (χ1) is 12.7. The van der Waals surface area contributed by atoms with Gasteiger partial charge in [-0.1, -0.05) is 6.92 Å². The average Bonchev–Trinajstić information content (AvgIpc) is 3.11. The van der Waals surface area contributed by atoms with Crippen molar-refractivity contribution < 1.29 is 4.42 Å². The normalized spacial score (nSPS) is 12.2. The highest BCUT2D eigenvalue weighted by molar-refractivity contribution is 5.76. The van der Waals surface area contributed by atoms with Gasteiger partial charge < -0.3 is 9.73 Å². The van der Waals surface area contributed by atoms with E-state index in [0.717, 1.165) is 39.4 Å². The number of fused-ring (bicyclic) bond motifs is 1. The summed E-state index contributed by atoms with van der Waals surface area (Å²) < 4.78 is 5.59. The van der Waals surface area contributed by atoms with Crippen LogP contribution in [0, 0.1) is 6.92 Å². The molecule has 0 aliphatic rings. The maximum atomic E-state index is 5.59. The minimum atomic E-state index is 0.227. The lowest BCUT2D eigenvalue weighted by atomic mass is 10.0. The predicted octanol–water partition coefficient (Wildman–Crippen LogP) is 4.20. The van der Waals surface area contributed by atoms with Crippen molar-refractivity contribution in [3.05, 3.63) is 66.6 Å². The molecule has 6 heteroatoms. The molecule has 1 atom stereocenters. The number of aryl methyl sites for hydroxylation is 1. The first-order valence-corrected chi connectivity index (χ1v) is 8.52. The molecule has 4 rings (SSSR count). The van der Waals surface area contributed by atoms with Gasteiger partial charge in [0.2, 0.25) is 0 Å². The Balaban J connectivity index is 1.49. The number of pyridine rings is 2. The van der Waals surface area contributed by atoms with Crippen LogP contribution in [0.3, 0.4) is 0 Å². The zero-order chi connectivity index (χ0) is 17.9. The number of anilines is 1. The molecule has 4 heterocycles. The molecule has 0 fully saturated rings. The number of rotatable bonds is 5.